The van der Waals surface area contributed by atoms with Crippen LogP contribution in [0.5, 0.6) is 11.5 Å². The smallest absolute Gasteiger partial charge is 0.230 e. The molecule has 0 radical (unpaired) electrons. The number of carbonyl (C=O) groups excluding carboxylic acids is 1. The van der Waals surface area contributed by atoms with E-state index in [9.17, 15) is 4.79 Å². The Morgan fingerprint density at radius 3 is 3.04 bits per heavy atom. The van der Waals surface area contributed by atoms with Gasteiger partial charge in [-0.3, -0.25) is 4.79 Å². The molecule has 24 heavy (non-hydrogen) atoms. The number of carbonyl (C=O) groups is 1. The summed E-state index contributed by atoms with van der Waals surface area (Å²) in [6.45, 7) is 1.02. The van der Waals surface area contributed by atoms with E-state index in [4.69, 9.17) is 9.47 Å². The third kappa shape index (κ3) is 2.98. The summed E-state index contributed by atoms with van der Waals surface area (Å²) in [7, 11) is 1.64. The zero-order valence-corrected chi connectivity index (χ0v) is 14.4. The first-order valence-electron chi connectivity index (χ1n) is 8.24. The maximum absolute atomic E-state index is 13.1. The molecule has 1 aliphatic carbocycles. The maximum atomic E-state index is 13.1. The van der Waals surface area contributed by atoms with Crippen molar-refractivity contribution < 1.29 is 14.3 Å². The van der Waals surface area contributed by atoms with Gasteiger partial charge in [0.2, 0.25) is 5.91 Å². The van der Waals surface area contributed by atoms with Crippen LogP contribution in [0.25, 0.3) is 0 Å². The van der Waals surface area contributed by atoms with Crippen molar-refractivity contribution in [2.24, 2.45) is 5.92 Å². The number of hydrogen-bond donors (Lipinski definition) is 0. The number of para-hydroxylation sites is 1. The van der Waals surface area contributed by atoms with Gasteiger partial charge in [0.1, 0.15) is 11.6 Å². The molecule has 1 unspecified atom stereocenters. The van der Waals surface area contributed by atoms with Gasteiger partial charge in [-0.1, -0.05) is 12.1 Å². The second-order valence-electron chi connectivity index (χ2n) is 6.28. The Kier molecular flexibility index (Phi) is 4.14. The first-order chi connectivity index (χ1) is 11.8. The molecule has 1 aromatic carbocycles. The van der Waals surface area contributed by atoms with E-state index in [1.807, 2.05) is 28.5 Å². The van der Waals surface area contributed by atoms with Crippen LogP contribution >= 0.6 is 11.3 Å². The van der Waals surface area contributed by atoms with Crippen molar-refractivity contribution in [3.63, 3.8) is 0 Å². The van der Waals surface area contributed by atoms with Gasteiger partial charge in [-0.25, -0.2) is 4.98 Å². The predicted molar refractivity (Wildman–Crippen MR) is 91.4 cm³/mol. The second kappa shape index (κ2) is 6.43. The van der Waals surface area contributed by atoms with E-state index < -0.39 is 0 Å². The minimum atomic E-state index is -0.134. The van der Waals surface area contributed by atoms with Crippen LogP contribution < -0.4 is 9.47 Å². The first-order valence-corrected chi connectivity index (χ1v) is 9.11. The molecular weight excluding hydrogens is 324 g/mol. The van der Waals surface area contributed by atoms with Crippen molar-refractivity contribution in [1.82, 2.24) is 9.88 Å². The Hall–Kier alpha value is -2.08. The molecule has 0 N–H and O–H groups in total. The molecule has 5 nitrogen and oxygen atoms in total. The fraction of sp³-hybridized carbons (Fsp3) is 0.444. The number of fused-ring (bicyclic) bond motifs is 1. The van der Waals surface area contributed by atoms with E-state index in [1.165, 1.54) is 0 Å². The summed E-state index contributed by atoms with van der Waals surface area (Å²) in [4.78, 5) is 19.4. The normalized spacial score (nSPS) is 19.3. The zero-order chi connectivity index (χ0) is 16.5. The molecule has 1 aromatic heterocycles. The number of aromatic nitrogens is 1. The third-order valence-corrected chi connectivity index (χ3v) is 5.35. The second-order valence-corrected chi connectivity index (χ2v) is 7.26. The van der Waals surface area contributed by atoms with Gasteiger partial charge in [-0.15, -0.1) is 11.3 Å². The van der Waals surface area contributed by atoms with Gasteiger partial charge >= 0.3 is 0 Å². The summed E-state index contributed by atoms with van der Waals surface area (Å²) in [6.07, 6.45) is 4.68. The lowest BCUT2D eigenvalue weighted by Crippen LogP contribution is -2.41. The molecule has 1 amide bonds. The molecule has 0 spiro atoms. The van der Waals surface area contributed by atoms with E-state index in [0.717, 1.165) is 34.9 Å². The molecule has 2 aromatic rings. The summed E-state index contributed by atoms with van der Waals surface area (Å²) in [5.74, 6) is 1.56. The maximum Gasteiger partial charge on any atom is 0.230 e. The third-order valence-electron chi connectivity index (χ3n) is 4.58. The summed E-state index contributed by atoms with van der Waals surface area (Å²) in [6, 6.07) is 6.22. The van der Waals surface area contributed by atoms with Crippen molar-refractivity contribution in [3.8, 4) is 11.5 Å². The minimum Gasteiger partial charge on any atom is -0.493 e. The highest BCUT2D eigenvalue weighted by Crippen LogP contribution is 2.38. The molecule has 126 valence electrons. The van der Waals surface area contributed by atoms with E-state index in [2.05, 4.69) is 4.98 Å². The first kappa shape index (κ1) is 15.4. The molecular formula is C18H20N2O3S. The molecule has 0 saturated heterocycles. The van der Waals surface area contributed by atoms with Gasteiger partial charge in [0.25, 0.3) is 0 Å². The lowest BCUT2D eigenvalue weighted by Gasteiger charge is -2.30. The van der Waals surface area contributed by atoms with Crippen LogP contribution in [-0.4, -0.2) is 35.5 Å². The molecule has 0 bridgehead atoms. The van der Waals surface area contributed by atoms with Crippen molar-refractivity contribution in [2.75, 3.05) is 13.7 Å². The average Bonchev–Trinajstić information content (AvgIpc) is 3.33. The van der Waals surface area contributed by atoms with E-state index in [1.54, 1.807) is 24.6 Å². The quantitative estimate of drug-likeness (QED) is 0.837. The van der Waals surface area contributed by atoms with Crippen LogP contribution in [0.15, 0.2) is 29.8 Å². The number of methoxy groups -OCH3 is 1. The number of rotatable bonds is 5. The van der Waals surface area contributed by atoms with Gasteiger partial charge in [0.05, 0.1) is 19.6 Å². The number of thiazole rings is 1. The van der Waals surface area contributed by atoms with E-state index in [-0.39, 0.29) is 11.8 Å². The topological polar surface area (TPSA) is 51.7 Å². The number of amides is 1. The van der Waals surface area contributed by atoms with Gasteiger partial charge in [-0.05, 0) is 30.9 Å². The summed E-state index contributed by atoms with van der Waals surface area (Å²) < 4.78 is 11.2. The van der Waals surface area contributed by atoms with Crippen LogP contribution in [0.2, 0.25) is 0 Å². The van der Waals surface area contributed by atoms with Crippen LogP contribution in [0.4, 0.5) is 0 Å². The lowest BCUT2D eigenvalue weighted by molar-refractivity contribution is -0.138. The monoisotopic (exact) mass is 344 g/mol. The largest absolute Gasteiger partial charge is 0.493 e. The Morgan fingerprint density at radius 2 is 2.33 bits per heavy atom. The van der Waals surface area contributed by atoms with E-state index >= 15 is 0 Å². The van der Waals surface area contributed by atoms with Crippen molar-refractivity contribution in [1.29, 1.82) is 0 Å². The summed E-state index contributed by atoms with van der Waals surface area (Å²) in [5.41, 5.74) is 1.05. The molecule has 1 saturated carbocycles. The van der Waals surface area contributed by atoms with Crippen LogP contribution in [-0.2, 0) is 17.8 Å². The lowest BCUT2D eigenvalue weighted by atomic mass is 9.95. The highest BCUT2D eigenvalue weighted by Gasteiger charge is 2.38. The summed E-state index contributed by atoms with van der Waals surface area (Å²) in [5, 5.41) is 2.95. The van der Waals surface area contributed by atoms with Gasteiger partial charge in [0, 0.05) is 17.6 Å². The highest BCUT2D eigenvalue weighted by atomic mass is 32.1. The summed E-state index contributed by atoms with van der Waals surface area (Å²) >= 11 is 1.60. The number of ether oxygens (including phenoxy) is 2. The molecule has 2 aliphatic rings. The highest BCUT2D eigenvalue weighted by molar-refractivity contribution is 7.09. The molecule has 1 fully saturated rings. The molecule has 6 heteroatoms. The molecule has 1 aliphatic heterocycles. The number of hydrogen-bond acceptors (Lipinski definition) is 5. The van der Waals surface area contributed by atoms with Crippen LogP contribution in [0.1, 0.15) is 23.4 Å². The van der Waals surface area contributed by atoms with Crippen molar-refractivity contribution in [2.45, 2.75) is 31.8 Å². The van der Waals surface area contributed by atoms with E-state index in [0.29, 0.717) is 25.6 Å². The standard InChI is InChI=1S/C18H20N2O3S/c1-22-15-4-2-3-12-9-13(11-23-17(12)15)18(21)20(14-5-6-14)10-16-19-7-8-24-16/h2-4,7-8,13-14H,5-6,9-11H2,1H3. The van der Waals surface area contributed by atoms with Gasteiger partial charge in [-0.2, -0.15) is 0 Å². The molecule has 4 rings (SSSR count). The Labute approximate surface area is 145 Å². The van der Waals surface area contributed by atoms with Crippen molar-refractivity contribution >= 4 is 17.2 Å². The van der Waals surface area contributed by atoms with Crippen LogP contribution in [0, 0.1) is 5.92 Å². The SMILES string of the molecule is COc1cccc2c1OCC(C(=O)N(Cc1nccs1)C1CC1)C2. The Balaban J connectivity index is 1.51. The van der Waals surface area contributed by atoms with Crippen molar-refractivity contribution in [3.05, 3.63) is 40.3 Å². The predicted octanol–water partition coefficient (Wildman–Crippen LogP) is 2.89. The van der Waals surface area contributed by atoms with Gasteiger partial charge < -0.3 is 14.4 Å². The number of nitrogens with zero attached hydrogens (tertiary/aromatic N) is 2. The molecule has 1 atom stereocenters. The van der Waals surface area contributed by atoms with Gasteiger partial charge in [0.15, 0.2) is 11.5 Å². The zero-order valence-electron chi connectivity index (χ0n) is 13.6. The average molecular weight is 344 g/mol. The number of benzene rings is 1. The molecule has 2 heterocycles. The van der Waals surface area contributed by atoms with Crippen LogP contribution in [0.3, 0.4) is 0 Å². The Bertz CT molecular complexity index is 728. The Morgan fingerprint density at radius 1 is 1.46 bits per heavy atom. The fourth-order valence-corrected chi connectivity index (χ4v) is 3.81. The minimum absolute atomic E-state index is 0.134. The fourth-order valence-electron chi connectivity index (χ4n) is 3.20.